The number of aliphatic hydroxyl groups excluding tert-OH is 1. The zero-order valence-corrected chi connectivity index (χ0v) is 23.2. The number of halogens is 4. The molecule has 0 unspecified atom stereocenters. The van der Waals surface area contributed by atoms with E-state index < -0.39 is 21.8 Å². The van der Waals surface area contributed by atoms with Gasteiger partial charge in [-0.3, -0.25) is 4.90 Å². The molecule has 2 saturated heterocycles. The van der Waals surface area contributed by atoms with Crippen LogP contribution in [0.4, 0.5) is 19.1 Å². The van der Waals surface area contributed by atoms with Crippen LogP contribution in [0.15, 0.2) is 36.9 Å². The van der Waals surface area contributed by atoms with E-state index in [-0.39, 0.29) is 29.5 Å². The highest BCUT2D eigenvalue weighted by molar-refractivity contribution is 7.88. The molecule has 216 valence electrons. The maximum absolute atomic E-state index is 13.9. The van der Waals surface area contributed by atoms with Crippen molar-refractivity contribution >= 4 is 27.6 Å². The van der Waals surface area contributed by atoms with Crippen molar-refractivity contribution in [2.75, 3.05) is 37.8 Å². The van der Waals surface area contributed by atoms with E-state index in [0.29, 0.717) is 49.7 Å². The van der Waals surface area contributed by atoms with Crippen LogP contribution in [0.2, 0.25) is 5.02 Å². The lowest BCUT2D eigenvalue weighted by atomic mass is 10.1. The summed E-state index contributed by atoms with van der Waals surface area (Å²) in [6.07, 6.45) is 1.31. The molecule has 10 nitrogen and oxygen atoms in total. The van der Waals surface area contributed by atoms with Gasteiger partial charge in [-0.15, -0.1) is 0 Å². The third-order valence-electron chi connectivity index (χ3n) is 7.12. The Bertz CT molecular complexity index is 1480. The molecule has 0 amide bonds. The predicted octanol–water partition coefficient (Wildman–Crippen LogP) is 3.40. The summed E-state index contributed by atoms with van der Waals surface area (Å²) < 4.78 is 68.0. The largest absolute Gasteiger partial charge is 0.420 e. The fourth-order valence-corrected chi connectivity index (χ4v) is 6.19. The van der Waals surface area contributed by atoms with E-state index in [2.05, 4.69) is 25.2 Å². The van der Waals surface area contributed by atoms with Crippen molar-refractivity contribution in [1.29, 1.82) is 0 Å². The molecule has 4 heterocycles. The van der Waals surface area contributed by atoms with Crippen molar-refractivity contribution in [1.82, 2.24) is 28.7 Å². The molecule has 2 aliphatic rings. The summed E-state index contributed by atoms with van der Waals surface area (Å²) in [5, 5.41) is 13.2. The monoisotopic (exact) mass is 599 g/mol. The molecule has 0 spiro atoms. The maximum Gasteiger partial charge on any atom is 0.420 e. The third kappa shape index (κ3) is 6.57. The van der Waals surface area contributed by atoms with Gasteiger partial charge in [0.1, 0.15) is 23.3 Å². The molecule has 0 saturated carbocycles. The second-order valence-corrected chi connectivity index (χ2v) is 12.6. The standard InChI is InChI=1S/C25H29ClF3N7O3S/c1-40(38,39)36-8-4-17(5-9-36)32-24-30-11-19(25(27,28)29)23(33-24)21-14-35(15-31-21)22-3-2-16(10-20(22)26)12-34-7-6-18(37)13-34/h2-3,10-11,14-15,17-18,37H,4-9,12-13H2,1H3,(H,30,32,33)/t18-/m0/s1. The van der Waals surface area contributed by atoms with Crippen LogP contribution in [0.1, 0.15) is 30.4 Å². The number of benzene rings is 1. The van der Waals surface area contributed by atoms with Crippen LogP contribution in [0, 0.1) is 0 Å². The number of hydrogen-bond acceptors (Lipinski definition) is 8. The first-order valence-electron chi connectivity index (χ1n) is 12.8. The maximum atomic E-state index is 13.9. The normalized spacial score (nSPS) is 19.8. The van der Waals surface area contributed by atoms with Crippen molar-refractivity contribution in [3.8, 4) is 17.1 Å². The van der Waals surface area contributed by atoms with Gasteiger partial charge in [0, 0.05) is 51.2 Å². The number of aromatic nitrogens is 4. The van der Waals surface area contributed by atoms with Crippen molar-refractivity contribution in [3.05, 3.63) is 53.1 Å². The number of alkyl halides is 3. The average molecular weight is 600 g/mol. The number of nitrogens with zero attached hydrogens (tertiary/aromatic N) is 6. The minimum atomic E-state index is -4.71. The molecule has 0 bridgehead atoms. The van der Waals surface area contributed by atoms with Crippen LogP contribution in [0.3, 0.4) is 0 Å². The summed E-state index contributed by atoms with van der Waals surface area (Å²) in [5.74, 6) is 0.00442. The lowest BCUT2D eigenvalue weighted by Gasteiger charge is -2.30. The van der Waals surface area contributed by atoms with Gasteiger partial charge in [-0.25, -0.2) is 27.7 Å². The summed E-state index contributed by atoms with van der Waals surface area (Å²) in [5.41, 5.74) is 0.0959. The molecule has 2 fully saturated rings. The Labute approximate surface area is 234 Å². The van der Waals surface area contributed by atoms with Gasteiger partial charge in [0.15, 0.2) is 0 Å². The van der Waals surface area contributed by atoms with Crippen molar-refractivity contribution in [3.63, 3.8) is 0 Å². The fourth-order valence-electron chi connectivity index (χ4n) is 5.02. The molecule has 2 aromatic heterocycles. The summed E-state index contributed by atoms with van der Waals surface area (Å²) in [6.45, 7) is 2.62. The van der Waals surface area contributed by atoms with E-state index in [0.717, 1.165) is 31.0 Å². The molecule has 0 radical (unpaired) electrons. The van der Waals surface area contributed by atoms with E-state index in [1.165, 1.54) is 21.4 Å². The minimum Gasteiger partial charge on any atom is -0.392 e. The number of rotatable bonds is 7. The predicted molar refractivity (Wildman–Crippen MR) is 144 cm³/mol. The van der Waals surface area contributed by atoms with E-state index in [4.69, 9.17) is 11.6 Å². The first kappa shape index (κ1) is 28.7. The first-order chi connectivity index (χ1) is 18.9. The molecule has 2 aliphatic heterocycles. The molecular formula is C25H29ClF3N7O3S. The summed E-state index contributed by atoms with van der Waals surface area (Å²) in [4.78, 5) is 14.4. The number of anilines is 1. The van der Waals surface area contributed by atoms with Crippen LogP contribution >= 0.6 is 11.6 Å². The average Bonchev–Trinajstić information content (AvgIpc) is 3.52. The van der Waals surface area contributed by atoms with Crippen LogP contribution in [0.25, 0.3) is 17.1 Å². The molecule has 15 heteroatoms. The Morgan fingerprint density at radius 1 is 1.15 bits per heavy atom. The quantitative estimate of drug-likeness (QED) is 0.425. The van der Waals surface area contributed by atoms with Crippen molar-refractivity contribution in [2.45, 2.75) is 44.1 Å². The highest BCUT2D eigenvalue weighted by Crippen LogP contribution is 2.36. The number of hydrogen-bond donors (Lipinski definition) is 2. The van der Waals surface area contributed by atoms with E-state index in [1.807, 2.05) is 6.07 Å². The Balaban J connectivity index is 1.36. The molecule has 0 aliphatic carbocycles. The summed E-state index contributed by atoms with van der Waals surface area (Å²) in [6, 6.07) is 5.26. The summed E-state index contributed by atoms with van der Waals surface area (Å²) >= 11 is 6.54. The summed E-state index contributed by atoms with van der Waals surface area (Å²) in [7, 11) is -3.30. The van der Waals surface area contributed by atoms with Gasteiger partial charge in [-0.1, -0.05) is 17.7 Å². The van der Waals surface area contributed by atoms with Gasteiger partial charge in [0.05, 0.1) is 23.1 Å². The number of β-amino-alcohol motifs (C(OH)–C–C–N with tert-alkyl or cyclic N) is 1. The lowest BCUT2D eigenvalue weighted by molar-refractivity contribution is -0.137. The Morgan fingerprint density at radius 3 is 2.52 bits per heavy atom. The van der Waals surface area contributed by atoms with Gasteiger partial charge in [0.2, 0.25) is 16.0 Å². The van der Waals surface area contributed by atoms with Gasteiger partial charge >= 0.3 is 6.18 Å². The van der Waals surface area contributed by atoms with Gasteiger partial charge in [0.25, 0.3) is 0 Å². The number of likely N-dealkylation sites (tertiary alicyclic amines) is 1. The number of imidazole rings is 1. The highest BCUT2D eigenvalue weighted by atomic mass is 35.5. The second kappa shape index (κ2) is 11.2. The van der Waals surface area contributed by atoms with Gasteiger partial charge in [-0.2, -0.15) is 13.2 Å². The first-order valence-corrected chi connectivity index (χ1v) is 15.0. The van der Waals surface area contributed by atoms with E-state index in [9.17, 15) is 26.7 Å². The van der Waals surface area contributed by atoms with Crippen LogP contribution in [-0.2, 0) is 22.7 Å². The number of piperidine rings is 1. The number of sulfonamides is 1. The lowest BCUT2D eigenvalue weighted by Crippen LogP contribution is -2.42. The van der Waals surface area contributed by atoms with Crippen LogP contribution in [-0.4, -0.2) is 86.8 Å². The second-order valence-electron chi connectivity index (χ2n) is 10.2. The van der Waals surface area contributed by atoms with Gasteiger partial charge < -0.3 is 15.0 Å². The fraction of sp³-hybridized carbons (Fsp3) is 0.480. The minimum absolute atomic E-state index is 0.00383. The van der Waals surface area contributed by atoms with Crippen molar-refractivity contribution in [2.24, 2.45) is 0 Å². The molecule has 1 aromatic carbocycles. The number of nitrogens with one attached hydrogen (secondary N) is 1. The highest BCUT2D eigenvalue weighted by Gasteiger charge is 2.36. The topological polar surface area (TPSA) is 116 Å². The number of aliphatic hydroxyl groups is 1. The van der Waals surface area contributed by atoms with Gasteiger partial charge in [-0.05, 0) is 37.0 Å². The van der Waals surface area contributed by atoms with Crippen LogP contribution in [0.5, 0.6) is 0 Å². The molecular weight excluding hydrogens is 571 g/mol. The Morgan fingerprint density at radius 2 is 1.90 bits per heavy atom. The molecule has 1 atom stereocenters. The van der Waals surface area contributed by atoms with Crippen molar-refractivity contribution < 1.29 is 26.7 Å². The smallest absolute Gasteiger partial charge is 0.392 e. The Kier molecular flexibility index (Phi) is 8.08. The molecule has 2 N–H and O–H groups in total. The van der Waals surface area contributed by atoms with E-state index in [1.54, 1.807) is 12.1 Å². The van der Waals surface area contributed by atoms with E-state index >= 15 is 0 Å². The molecule has 3 aromatic rings. The SMILES string of the molecule is CS(=O)(=O)N1CCC(Nc2ncc(C(F)(F)F)c(-c3cn(-c4ccc(CN5CC[C@H](O)C5)cc4Cl)cn3)n2)CC1. The van der Waals surface area contributed by atoms with Crippen LogP contribution < -0.4 is 5.32 Å². The third-order valence-corrected chi connectivity index (χ3v) is 8.73. The molecule has 5 rings (SSSR count). The zero-order valence-electron chi connectivity index (χ0n) is 21.6. The molecule has 40 heavy (non-hydrogen) atoms. The zero-order chi connectivity index (χ0) is 28.7. The Hall–Kier alpha value is -2.78.